The predicted octanol–water partition coefficient (Wildman–Crippen LogP) is 4.98. The van der Waals surface area contributed by atoms with Crippen molar-refractivity contribution in [2.75, 3.05) is 0 Å². The van der Waals surface area contributed by atoms with E-state index in [1.165, 1.54) is 33.9 Å². The Labute approximate surface area is 103 Å². The van der Waals surface area contributed by atoms with Crippen LogP contribution in [0.5, 0.6) is 0 Å². The molecule has 1 unspecified atom stereocenters. The van der Waals surface area contributed by atoms with Gasteiger partial charge < -0.3 is 0 Å². The molecule has 1 aliphatic carbocycles. The van der Waals surface area contributed by atoms with Gasteiger partial charge in [0, 0.05) is 0 Å². The molecule has 1 atom stereocenters. The Morgan fingerprint density at radius 3 is 2.35 bits per heavy atom. The topological polar surface area (TPSA) is 0 Å². The van der Waals surface area contributed by atoms with E-state index in [9.17, 15) is 0 Å². The van der Waals surface area contributed by atoms with Gasteiger partial charge in [0.15, 0.2) is 0 Å². The summed E-state index contributed by atoms with van der Waals surface area (Å²) < 4.78 is 0. The van der Waals surface area contributed by atoms with Gasteiger partial charge in [0.1, 0.15) is 0 Å². The monoisotopic (exact) mass is 222 g/mol. The van der Waals surface area contributed by atoms with Crippen molar-refractivity contribution in [1.82, 2.24) is 0 Å². The Kier molecular flexibility index (Phi) is 2.32. The molecule has 0 heterocycles. The van der Waals surface area contributed by atoms with Gasteiger partial charge in [0.25, 0.3) is 0 Å². The lowest BCUT2D eigenvalue weighted by Crippen LogP contribution is -2.05. The Bertz CT molecular complexity index is 617. The molecule has 0 aromatic heterocycles. The van der Waals surface area contributed by atoms with E-state index in [-0.39, 0.29) is 0 Å². The van der Waals surface area contributed by atoms with Crippen molar-refractivity contribution in [1.29, 1.82) is 0 Å². The van der Waals surface area contributed by atoms with Crippen LogP contribution in [0.25, 0.3) is 16.8 Å². The molecule has 0 nitrogen and oxygen atoms in total. The third-order valence-corrected chi connectivity index (χ3v) is 4.10. The zero-order valence-electron chi connectivity index (χ0n) is 10.7. The maximum atomic E-state index is 2.34. The molecule has 0 saturated heterocycles. The summed E-state index contributed by atoms with van der Waals surface area (Å²) in [7, 11) is 0. The third kappa shape index (κ3) is 1.44. The van der Waals surface area contributed by atoms with Crippen molar-refractivity contribution in [3.05, 3.63) is 52.6 Å². The molecule has 2 aromatic rings. The fourth-order valence-electron chi connectivity index (χ4n) is 3.19. The quantitative estimate of drug-likeness (QED) is 0.590. The van der Waals surface area contributed by atoms with E-state index in [1.54, 1.807) is 5.56 Å². The van der Waals surface area contributed by atoms with Crippen LogP contribution in [0, 0.1) is 13.8 Å². The Balaban J connectivity index is 2.50. The average Bonchev–Trinajstić information content (AvgIpc) is 2.36. The first-order chi connectivity index (χ1) is 8.20. The summed E-state index contributed by atoms with van der Waals surface area (Å²) in [6.45, 7) is 6.86. The highest BCUT2D eigenvalue weighted by atomic mass is 14.2. The Morgan fingerprint density at radius 1 is 1.00 bits per heavy atom. The first-order valence-corrected chi connectivity index (χ1v) is 6.38. The summed E-state index contributed by atoms with van der Waals surface area (Å²) in [5.41, 5.74) is 5.92. The summed E-state index contributed by atoms with van der Waals surface area (Å²) in [4.78, 5) is 0. The number of aryl methyl sites for hydroxylation is 2. The van der Waals surface area contributed by atoms with E-state index >= 15 is 0 Å². The van der Waals surface area contributed by atoms with Crippen LogP contribution in [0.15, 0.2) is 30.3 Å². The molecule has 17 heavy (non-hydrogen) atoms. The Hall–Kier alpha value is -1.56. The van der Waals surface area contributed by atoms with Crippen LogP contribution in [0.4, 0.5) is 0 Å². The predicted molar refractivity (Wildman–Crippen MR) is 75.5 cm³/mol. The van der Waals surface area contributed by atoms with Gasteiger partial charge in [-0.3, -0.25) is 0 Å². The second-order valence-electron chi connectivity index (χ2n) is 5.16. The van der Waals surface area contributed by atoms with Gasteiger partial charge in [0.05, 0.1) is 0 Å². The highest BCUT2D eigenvalue weighted by Gasteiger charge is 2.19. The van der Waals surface area contributed by atoms with E-state index in [2.05, 4.69) is 57.2 Å². The van der Waals surface area contributed by atoms with Crippen molar-refractivity contribution in [3.63, 3.8) is 0 Å². The minimum Gasteiger partial charge on any atom is -0.0833 e. The molecule has 0 spiro atoms. The molecule has 0 saturated carbocycles. The molecule has 2 aromatic carbocycles. The van der Waals surface area contributed by atoms with E-state index in [0.717, 1.165) is 0 Å². The van der Waals surface area contributed by atoms with E-state index in [0.29, 0.717) is 5.92 Å². The standard InChI is InChI=1S/C17H18/c1-11-7-6-10-16-12(2)14-8-4-5-9-15(14)13(3)17(11)16/h4-6,8-11H,7H2,1-3H3. The summed E-state index contributed by atoms with van der Waals surface area (Å²) in [6, 6.07) is 8.77. The number of benzene rings is 2. The molecule has 0 bridgehead atoms. The van der Waals surface area contributed by atoms with E-state index in [1.807, 2.05) is 0 Å². The molecule has 86 valence electrons. The summed E-state index contributed by atoms with van der Waals surface area (Å²) in [6.07, 6.45) is 5.80. The molecule has 0 N–H and O–H groups in total. The van der Waals surface area contributed by atoms with Crippen LogP contribution in [0.1, 0.15) is 41.5 Å². The average molecular weight is 222 g/mol. The zero-order chi connectivity index (χ0) is 12.0. The molecule has 0 fully saturated rings. The van der Waals surface area contributed by atoms with Gasteiger partial charge in [-0.25, -0.2) is 0 Å². The van der Waals surface area contributed by atoms with Gasteiger partial charge in [0.2, 0.25) is 0 Å². The van der Waals surface area contributed by atoms with Gasteiger partial charge >= 0.3 is 0 Å². The van der Waals surface area contributed by atoms with Gasteiger partial charge in [-0.15, -0.1) is 0 Å². The first-order valence-electron chi connectivity index (χ1n) is 6.38. The van der Waals surface area contributed by atoms with Crippen molar-refractivity contribution in [3.8, 4) is 0 Å². The molecule has 3 rings (SSSR count). The number of hydrogen-bond acceptors (Lipinski definition) is 0. The van der Waals surface area contributed by atoms with Crippen LogP contribution < -0.4 is 0 Å². The lowest BCUT2D eigenvalue weighted by molar-refractivity contribution is 0.765. The van der Waals surface area contributed by atoms with Crippen molar-refractivity contribution < 1.29 is 0 Å². The minimum atomic E-state index is 0.651. The smallest absolute Gasteiger partial charge is 0.0146 e. The number of hydrogen-bond donors (Lipinski definition) is 0. The van der Waals surface area contributed by atoms with Crippen LogP contribution >= 0.6 is 0 Å². The van der Waals surface area contributed by atoms with Crippen LogP contribution in [-0.4, -0.2) is 0 Å². The molecule has 1 aliphatic rings. The zero-order valence-corrected chi connectivity index (χ0v) is 10.7. The lowest BCUT2D eigenvalue weighted by atomic mass is 9.80. The summed E-state index contributed by atoms with van der Waals surface area (Å²) in [5, 5.41) is 2.83. The molecular formula is C17H18. The largest absolute Gasteiger partial charge is 0.0833 e. The molecule has 0 radical (unpaired) electrons. The SMILES string of the molecule is Cc1c2c(c(C)c3ccccc13)C(C)CC=C2. The van der Waals surface area contributed by atoms with Crippen molar-refractivity contribution in [2.45, 2.75) is 33.1 Å². The number of allylic oxidation sites excluding steroid dienone is 1. The van der Waals surface area contributed by atoms with Gasteiger partial charge in [-0.1, -0.05) is 43.3 Å². The van der Waals surface area contributed by atoms with Crippen LogP contribution in [0.2, 0.25) is 0 Å². The number of rotatable bonds is 0. The van der Waals surface area contributed by atoms with E-state index < -0.39 is 0 Å². The molecule has 0 amide bonds. The Morgan fingerprint density at radius 2 is 1.65 bits per heavy atom. The summed E-state index contributed by atoms with van der Waals surface area (Å²) in [5.74, 6) is 0.651. The maximum Gasteiger partial charge on any atom is -0.0146 e. The first kappa shape index (κ1) is 10.6. The summed E-state index contributed by atoms with van der Waals surface area (Å²) >= 11 is 0. The normalized spacial score (nSPS) is 18.4. The van der Waals surface area contributed by atoms with Gasteiger partial charge in [-0.2, -0.15) is 0 Å². The fourth-order valence-corrected chi connectivity index (χ4v) is 3.19. The minimum absolute atomic E-state index is 0.651. The fraction of sp³-hybridized carbons (Fsp3) is 0.294. The van der Waals surface area contributed by atoms with E-state index in [4.69, 9.17) is 0 Å². The van der Waals surface area contributed by atoms with Crippen LogP contribution in [0.3, 0.4) is 0 Å². The molecular weight excluding hydrogens is 204 g/mol. The third-order valence-electron chi connectivity index (χ3n) is 4.10. The maximum absolute atomic E-state index is 2.34. The van der Waals surface area contributed by atoms with Crippen molar-refractivity contribution >= 4 is 16.8 Å². The lowest BCUT2D eigenvalue weighted by Gasteiger charge is -2.24. The van der Waals surface area contributed by atoms with Crippen molar-refractivity contribution in [2.24, 2.45) is 0 Å². The highest BCUT2D eigenvalue weighted by Crippen LogP contribution is 2.38. The highest BCUT2D eigenvalue weighted by molar-refractivity contribution is 5.93. The number of fused-ring (bicyclic) bond motifs is 2. The molecule has 0 heteroatoms. The van der Waals surface area contributed by atoms with Crippen LogP contribution in [-0.2, 0) is 0 Å². The second kappa shape index (κ2) is 3.73. The van der Waals surface area contributed by atoms with Gasteiger partial charge in [-0.05, 0) is 59.2 Å². The molecule has 0 aliphatic heterocycles. The second-order valence-corrected chi connectivity index (χ2v) is 5.16.